The van der Waals surface area contributed by atoms with Crippen molar-refractivity contribution in [3.63, 3.8) is 0 Å². The molecule has 37 heavy (non-hydrogen) atoms. The Morgan fingerprint density at radius 2 is 2.03 bits per heavy atom. The van der Waals surface area contributed by atoms with Crippen molar-refractivity contribution >= 4 is 44.4 Å². The molecule has 12 heteroatoms. The predicted octanol–water partition coefficient (Wildman–Crippen LogP) is 4.56. The Labute approximate surface area is 214 Å². The van der Waals surface area contributed by atoms with Crippen molar-refractivity contribution in [1.29, 1.82) is 0 Å². The number of nitrogens with one attached hydrogen (secondary N) is 1. The number of aromatic nitrogens is 4. The quantitative estimate of drug-likeness (QED) is 0.379. The van der Waals surface area contributed by atoms with E-state index in [0.29, 0.717) is 21.9 Å². The summed E-state index contributed by atoms with van der Waals surface area (Å²) in [5.74, 6) is 0.240. The maximum atomic E-state index is 12.9. The summed E-state index contributed by atoms with van der Waals surface area (Å²) < 4.78 is 43.5. The van der Waals surface area contributed by atoms with Crippen molar-refractivity contribution in [2.45, 2.75) is 32.0 Å². The molecular weight excluding hydrogens is 505 g/mol. The first kappa shape index (κ1) is 24.1. The summed E-state index contributed by atoms with van der Waals surface area (Å²) in [6, 6.07) is 7.97. The maximum absolute atomic E-state index is 12.9. The Hall–Kier alpha value is -3.25. The number of carbonyl (C=O) groups excluding carboxylic acids is 1. The van der Waals surface area contributed by atoms with Crippen LogP contribution in [0.5, 0.6) is 0 Å². The van der Waals surface area contributed by atoms with E-state index < -0.39 is 12.6 Å². The Morgan fingerprint density at radius 3 is 2.84 bits per heavy atom. The minimum absolute atomic E-state index is 0.0166. The number of rotatable bonds is 5. The molecule has 2 saturated heterocycles. The van der Waals surface area contributed by atoms with Gasteiger partial charge in [0.2, 0.25) is 0 Å². The van der Waals surface area contributed by atoms with Gasteiger partial charge in [-0.1, -0.05) is 23.5 Å². The number of nitrogens with zero attached hydrogens (tertiary/aromatic N) is 5. The lowest BCUT2D eigenvalue weighted by Gasteiger charge is -2.25. The topological polar surface area (TPSA) is 87.2 Å². The van der Waals surface area contributed by atoms with Gasteiger partial charge in [-0.25, -0.2) is 19.7 Å². The molecular formula is C25H25F3N6O2S. The van der Waals surface area contributed by atoms with Crippen molar-refractivity contribution in [1.82, 2.24) is 24.8 Å². The number of hydrogen-bond donors (Lipinski definition) is 1. The molecule has 2 fully saturated rings. The van der Waals surface area contributed by atoms with Gasteiger partial charge in [-0.15, -0.1) is 0 Å². The normalized spacial score (nSPS) is 20.6. The van der Waals surface area contributed by atoms with Crippen LogP contribution in [0.3, 0.4) is 0 Å². The van der Waals surface area contributed by atoms with Crippen molar-refractivity contribution < 1.29 is 22.7 Å². The molecule has 0 aliphatic carbocycles. The highest BCUT2D eigenvalue weighted by atomic mass is 32.1. The van der Waals surface area contributed by atoms with Gasteiger partial charge in [0.05, 0.1) is 13.5 Å². The molecule has 2 aliphatic rings. The molecule has 3 aromatic heterocycles. The SMILES string of the molecule is COC(=O)c1cc2ccc(CN3CC[C@@]4(CCN(c5ncnc6sc(CC(F)(F)F)nc56)C4)C3)cc2[nH]1. The highest BCUT2D eigenvalue weighted by Crippen LogP contribution is 2.42. The lowest BCUT2D eigenvalue weighted by Crippen LogP contribution is -2.31. The fraction of sp³-hybridized carbons (Fsp3) is 0.440. The van der Waals surface area contributed by atoms with Gasteiger partial charge in [-0.2, -0.15) is 13.2 Å². The molecule has 6 rings (SSSR count). The predicted molar refractivity (Wildman–Crippen MR) is 134 cm³/mol. The second kappa shape index (κ2) is 8.95. The monoisotopic (exact) mass is 530 g/mol. The third-order valence-corrected chi connectivity index (χ3v) is 8.29. The summed E-state index contributed by atoms with van der Waals surface area (Å²) in [5.41, 5.74) is 3.07. The molecule has 1 aromatic carbocycles. The number of anilines is 1. The second-order valence-electron chi connectivity index (χ2n) is 9.98. The van der Waals surface area contributed by atoms with E-state index in [0.717, 1.165) is 73.4 Å². The van der Waals surface area contributed by atoms with Crippen LogP contribution in [0.15, 0.2) is 30.6 Å². The molecule has 194 valence electrons. The van der Waals surface area contributed by atoms with Gasteiger partial charge < -0.3 is 14.6 Å². The molecule has 0 unspecified atom stereocenters. The van der Waals surface area contributed by atoms with Gasteiger partial charge >= 0.3 is 12.1 Å². The third-order valence-electron chi connectivity index (χ3n) is 7.33. The fourth-order valence-corrected chi connectivity index (χ4v) is 6.56. The van der Waals surface area contributed by atoms with Gasteiger partial charge in [-0.05, 0) is 37.1 Å². The van der Waals surface area contributed by atoms with Crippen LogP contribution in [-0.2, 0) is 17.7 Å². The first-order valence-electron chi connectivity index (χ1n) is 12.0. The number of thiazole rings is 1. The van der Waals surface area contributed by atoms with Crippen LogP contribution in [0.2, 0.25) is 0 Å². The summed E-state index contributed by atoms with van der Waals surface area (Å²) in [4.78, 5) is 32.9. The van der Waals surface area contributed by atoms with Crippen LogP contribution in [0.4, 0.5) is 19.0 Å². The zero-order chi connectivity index (χ0) is 25.8. The van der Waals surface area contributed by atoms with Crippen LogP contribution >= 0.6 is 11.3 Å². The molecule has 0 radical (unpaired) electrons. The van der Waals surface area contributed by atoms with Crippen LogP contribution in [0.25, 0.3) is 21.3 Å². The summed E-state index contributed by atoms with van der Waals surface area (Å²) >= 11 is 0.982. The molecule has 5 heterocycles. The highest BCUT2D eigenvalue weighted by Gasteiger charge is 2.44. The van der Waals surface area contributed by atoms with Crippen molar-refractivity contribution in [3.05, 3.63) is 46.9 Å². The Balaban J connectivity index is 1.15. The van der Waals surface area contributed by atoms with E-state index in [9.17, 15) is 18.0 Å². The summed E-state index contributed by atoms with van der Waals surface area (Å²) in [7, 11) is 1.36. The van der Waals surface area contributed by atoms with Crippen LogP contribution in [-0.4, -0.2) is 70.3 Å². The smallest absolute Gasteiger partial charge is 0.395 e. The van der Waals surface area contributed by atoms with Crippen LogP contribution in [0, 0.1) is 5.41 Å². The van der Waals surface area contributed by atoms with E-state index in [1.807, 2.05) is 6.07 Å². The van der Waals surface area contributed by atoms with E-state index in [4.69, 9.17) is 4.74 Å². The Bertz CT molecular complexity index is 1480. The maximum Gasteiger partial charge on any atom is 0.395 e. The van der Waals surface area contributed by atoms with Crippen LogP contribution < -0.4 is 4.90 Å². The first-order chi connectivity index (χ1) is 17.7. The molecule has 2 aliphatic heterocycles. The molecule has 1 atom stereocenters. The van der Waals surface area contributed by atoms with Crippen molar-refractivity contribution in [2.75, 3.05) is 38.2 Å². The summed E-state index contributed by atoms with van der Waals surface area (Å²) in [6.45, 7) is 4.28. The van der Waals surface area contributed by atoms with Crippen molar-refractivity contribution in [2.24, 2.45) is 5.41 Å². The Morgan fingerprint density at radius 1 is 1.19 bits per heavy atom. The van der Waals surface area contributed by atoms with E-state index >= 15 is 0 Å². The molecule has 0 bridgehead atoms. The Kier molecular flexibility index (Phi) is 5.83. The summed E-state index contributed by atoms with van der Waals surface area (Å²) in [5, 5.41) is 0.980. The zero-order valence-corrected chi connectivity index (χ0v) is 21.0. The zero-order valence-electron chi connectivity index (χ0n) is 20.1. The number of likely N-dealkylation sites (tertiary alicyclic amines) is 1. The van der Waals surface area contributed by atoms with Gasteiger partial charge in [-0.3, -0.25) is 4.90 Å². The molecule has 0 amide bonds. The lowest BCUT2D eigenvalue weighted by atomic mass is 9.86. The molecule has 1 spiro atoms. The van der Waals surface area contributed by atoms with Gasteiger partial charge in [0.25, 0.3) is 0 Å². The number of benzene rings is 1. The molecule has 1 N–H and O–H groups in total. The number of fused-ring (bicyclic) bond motifs is 2. The number of esters is 1. The molecule has 0 saturated carbocycles. The fourth-order valence-electron chi connectivity index (χ4n) is 5.63. The van der Waals surface area contributed by atoms with Gasteiger partial charge in [0.1, 0.15) is 27.4 Å². The van der Waals surface area contributed by atoms with Crippen LogP contribution in [0.1, 0.15) is 33.9 Å². The standard InChI is InChI=1S/C25H25F3N6O2S/c1-36-23(35)18-9-16-3-2-15(8-17(16)31-18)11-33-6-4-24(12-33)5-7-34(13-24)21-20-22(30-14-29-21)37-19(32-20)10-25(26,27)28/h2-3,8-9,14,31H,4-7,10-13H2,1H3/t24-/m1/s1. The molecule has 8 nitrogen and oxygen atoms in total. The number of hydrogen-bond acceptors (Lipinski definition) is 8. The largest absolute Gasteiger partial charge is 0.464 e. The lowest BCUT2D eigenvalue weighted by molar-refractivity contribution is -0.127. The highest BCUT2D eigenvalue weighted by molar-refractivity contribution is 7.18. The minimum Gasteiger partial charge on any atom is -0.464 e. The average molecular weight is 531 g/mol. The minimum atomic E-state index is -4.30. The van der Waals surface area contributed by atoms with E-state index in [1.54, 1.807) is 6.07 Å². The van der Waals surface area contributed by atoms with Crippen molar-refractivity contribution in [3.8, 4) is 0 Å². The average Bonchev–Trinajstić information content (AvgIpc) is 3.63. The van der Waals surface area contributed by atoms with E-state index in [1.165, 1.54) is 13.4 Å². The number of alkyl halides is 3. The van der Waals surface area contributed by atoms with E-state index in [-0.39, 0.29) is 16.4 Å². The number of ether oxygens (including phenoxy) is 1. The second-order valence-corrected chi connectivity index (χ2v) is 11.0. The first-order valence-corrected chi connectivity index (χ1v) is 12.9. The van der Waals surface area contributed by atoms with E-state index in [2.05, 4.69) is 41.9 Å². The third kappa shape index (κ3) is 4.75. The van der Waals surface area contributed by atoms with Gasteiger partial charge in [0, 0.05) is 42.5 Å². The number of carbonyl (C=O) groups is 1. The number of methoxy groups -OCH3 is 1. The number of aromatic amines is 1. The van der Waals surface area contributed by atoms with Gasteiger partial charge in [0.15, 0.2) is 5.82 Å². The number of H-pyrrole nitrogens is 1. The molecule has 4 aromatic rings. The number of halogens is 3. The summed E-state index contributed by atoms with van der Waals surface area (Å²) in [6.07, 6.45) is -1.90.